The van der Waals surface area contributed by atoms with Crippen LogP contribution in [0.5, 0.6) is 0 Å². The zero-order valence-electron chi connectivity index (χ0n) is 18.1. The van der Waals surface area contributed by atoms with Gasteiger partial charge in [-0.1, -0.05) is 30.3 Å². The Balaban J connectivity index is 1.48. The predicted octanol–water partition coefficient (Wildman–Crippen LogP) is 3.76. The Labute approximate surface area is 186 Å². The Morgan fingerprint density at radius 2 is 1.75 bits per heavy atom. The van der Waals surface area contributed by atoms with Gasteiger partial charge < -0.3 is 9.80 Å². The van der Waals surface area contributed by atoms with Gasteiger partial charge in [0.2, 0.25) is 5.91 Å². The van der Waals surface area contributed by atoms with Gasteiger partial charge in [0, 0.05) is 49.7 Å². The molecule has 8 heteroatoms. The highest BCUT2D eigenvalue weighted by molar-refractivity contribution is 5.92. The van der Waals surface area contributed by atoms with E-state index in [9.17, 15) is 14.9 Å². The molecule has 0 atom stereocenters. The van der Waals surface area contributed by atoms with Crippen molar-refractivity contribution in [2.75, 3.05) is 31.1 Å². The molecular weight excluding hydrogens is 406 g/mol. The van der Waals surface area contributed by atoms with Crippen molar-refractivity contribution in [3.05, 3.63) is 87.7 Å². The largest absolute Gasteiger partial charge is 0.368 e. The summed E-state index contributed by atoms with van der Waals surface area (Å²) in [6.45, 7) is 6.22. The molecule has 0 unspecified atom stereocenters. The molecule has 0 aliphatic carbocycles. The van der Waals surface area contributed by atoms with Crippen LogP contribution >= 0.6 is 0 Å². The van der Waals surface area contributed by atoms with Crippen LogP contribution in [0.1, 0.15) is 17.0 Å². The number of piperazine rings is 1. The summed E-state index contributed by atoms with van der Waals surface area (Å²) in [7, 11) is 0. The van der Waals surface area contributed by atoms with Crippen molar-refractivity contribution in [3.8, 4) is 5.69 Å². The summed E-state index contributed by atoms with van der Waals surface area (Å²) >= 11 is 0. The van der Waals surface area contributed by atoms with E-state index in [1.807, 2.05) is 67.3 Å². The third-order valence-corrected chi connectivity index (χ3v) is 5.57. The number of hydrogen-bond acceptors (Lipinski definition) is 5. The number of carbonyl (C=O) groups is 1. The van der Waals surface area contributed by atoms with Gasteiger partial charge in [-0.3, -0.25) is 14.9 Å². The number of nitrogens with zero attached hydrogens (tertiary/aromatic N) is 5. The number of nitro benzene ring substituents is 1. The summed E-state index contributed by atoms with van der Waals surface area (Å²) in [5, 5.41) is 16.0. The molecule has 0 saturated carbocycles. The van der Waals surface area contributed by atoms with Crippen molar-refractivity contribution in [3.63, 3.8) is 0 Å². The maximum absolute atomic E-state index is 12.5. The average Bonchev–Trinajstić information content (AvgIpc) is 3.15. The van der Waals surface area contributed by atoms with Crippen molar-refractivity contribution in [1.82, 2.24) is 14.7 Å². The molecule has 1 amide bonds. The molecule has 2 aromatic carbocycles. The molecule has 8 nitrogen and oxygen atoms in total. The normalized spacial score (nSPS) is 14.2. The summed E-state index contributed by atoms with van der Waals surface area (Å²) < 4.78 is 1.62. The first-order valence-corrected chi connectivity index (χ1v) is 10.5. The number of anilines is 1. The quantitative estimate of drug-likeness (QED) is 0.349. The minimum Gasteiger partial charge on any atom is -0.368 e. The molecule has 32 heavy (non-hydrogen) atoms. The zero-order chi connectivity index (χ0) is 22.7. The zero-order valence-corrected chi connectivity index (χ0v) is 18.1. The van der Waals surface area contributed by atoms with E-state index in [2.05, 4.69) is 10.00 Å². The van der Waals surface area contributed by atoms with E-state index < -0.39 is 0 Å². The van der Waals surface area contributed by atoms with Crippen molar-refractivity contribution < 1.29 is 9.72 Å². The fraction of sp³-hybridized carbons (Fsp3) is 0.250. The van der Waals surface area contributed by atoms with Crippen molar-refractivity contribution in [2.24, 2.45) is 0 Å². The first-order chi connectivity index (χ1) is 15.4. The number of aromatic nitrogens is 2. The van der Waals surface area contributed by atoms with Gasteiger partial charge in [0.1, 0.15) is 5.69 Å². The predicted molar refractivity (Wildman–Crippen MR) is 124 cm³/mol. The van der Waals surface area contributed by atoms with Gasteiger partial charge in [-0.15, -0.1) is 0 Å². The number of carbonyl (C=O) groups excluding carboxylic acids is 1. The summed E-state index contributed by atoms with van der Waals surface area (Å²) in [6.07, 6.45) is 3.43. The van der Waals surface area contributed by atoms with Crippen molar-refractivity contribution in [2.45, 2.75) is 13.8 Å². The van der Waals surface area contributed by atoms with E-state index in [4.69, 9.17) is 0 Å². The van der Waals surface area contributed by atoms with Gasteiger partial charge >= 0.3 is 0 Å². The third-order valence-electron chi connectivity index (χ3n) is 5.57. The second-order valence-electron chi connectivity index (χ2n) is 7.83. The van der Waals surface area contributed by atoms with Crippen LogP contribution in [-0.2, 0) is 4.79 Å². The first kappa shape index (κ1) is 21.3. The van der Waals surface area contributed by atoms with E-state index in [0.717, 1.165) is 22.6 Å². The van der Waals surface area contributed by atoms with Crippen molar-refractivity contribution >= 4 is 23.4 Å². The minimum absolute atomic E-state index is 0.0134. The average molecular weight is 431 g/mol. The number of rotatable bonds is 5. The van der Waals surface area contributed by atoms with Gasteiger partial charge in [0.25, 0.3) is 5.69 Å². The lowest BCUT2D eigenvalue weighted by Crippen LogP contribution is -2.48. The van der Waals surface area contributed by atoms with Crippen LogP contribution in [0.15, 0.2) is 60.7 Å². The minimum atomic E-state index is -0.384. The molecule has 1 fully saturated rings. The van der Waals surface area contributed by atoms with E-state index in [0.29, 0.717) is 31.9 Å². The van der Waals surface area contributed by atoms with E-state index in [1.165, 1.54) is 6.07 Å². The molecule has 1 aliphatic heterocycles. The van der Waals surface area contributed by atoms with Crippen LogP contribution in [0.3, 0.4) is 0 Å². The van der Waals surface area contributed by atoms with Crippen LogP contribution in [0, 0.1) is 24.0 Å². The molecule has 0 radical (unpaired) electrons. The topological polar surface area (TPSA) is 84.5 Å². The maximum Gasteiger partial charge on any atom is 0.295 e. The monoisotopic (exact) mass is 431 g/mol. The van der Waals surface area contributed by atoms with Gasteiger partial charge in [0.05, 0.1) is 10.6 Å². The Kier molecular flexibility index (Phi) is 6.02. The Morgan fingerprint density at radius 3 is 2.38 bits per heavy atom. The van der Waals surface area contributed by atoms with Crippen LogP contribution in [0.2, 0.25) is 0 Å². The fourth-order valence-corrected chi connectivity index (χ4v) is 3.93. The molecule has 3 aromatic rings. The fourth-order valence-electron chi connectivity index (χ4n) is 3.93. The second kappa shape index (κ2) is 9.05. The number of nitro groups is 1. The van der Waals surface area contributed by atoms with Gasteiger partial charge in [-0.2, -0.15) is 5.10 Å². The molecule has 0 bridgehead atoms. The van der Waals surface area contributed by atoms with Gasteiger partial charge in [0.15, 0.2) is 0 Å². The van der Waals surface area contributed by atoms with Crippen LogP contribution < -0.4 is 4.90 Å². The van der Waals surface area contributed by atoms with E-state index in [-0.39, 0.29) is 16.5 Å². The number of hydrogen-bond donors (Lipinski definition) is 0. The number of benzene rings is 2. The van der Waals surface area contributed by atoms with Crippen LogP contribution in [0.25, 0.3) is 11.8 Å². The first-order valence-electron chi connectivity index (χ1n) is 10.5. The van der Waals surface area contributed by atoms with Crippen molar-refractivity contribution in [1.29, 1.82) is 0 Å². The molecule has 164 valence electrons. The SMILES string of the molecule is Cc1cc(C)n(-c2cc(N3CCN(C(=O)/C=C/c4ccccc4)CC3)ccc2[N+](=O)[O-])n1. The molecule has 2 heterocycles. The Bertz CT molecular complexity index is 1160. The number of aryl methyl sites for hydroxylation is 2. The van der Waals surface area contributed by atoms with Gasteiger partial charge in [-0.25, -0.2) is 4.68 Å². The molecule has 1 aromatic heterocycles. The second-order valence-corrected chi connectivity index (χ2v) is 7.83. The molecule has 0 spiro atoms. The van der Waals surface area contributed by atoms with E-state index >= 15 is 0 Å². The standard InChI is InChI=1S/C24H25N5O3/c1-18-16-19(2)28(25-18)23-17-21(9-10-22(23)29(31)32)26-12-14-27(15-13-26)24(30)11-8-20-6-4-3-5-7-20/h3-11,16-17H,12-15H2,1-2H3/b11-8+. The lowest BCUT2D eigenvalue weighted by molar-refractivity contribution is -0.384. The summed E-state index contributed by atoms with van der Waals surface area (Å²) in [6, 6.07) is 16.7. The number of amides is 1. The third kappa shape index (κ3) is 4.54. The molecule has 1 saturated heterocycles. The molecular formula is C24H25N5O3. The Morgan fingerprint density at radius 1 is 1.03 bits per heavy atom. The van der Waals surface area contributed by atoms with Crippen LogP contribution in [-0.4, -0.2) is 51.7 Å². The summed E-state index contributed by atoms with van der Waals surface area (Å²) in [4.78, 5) is 27.7. The molecule has 0 N–H and O–H groups in total. The lowest BCUT2D eigenvalue weighted by atomic mass is 10.2. The Hall–Kier alpha value is -3.94. The highest BCUT2D eigenvalue weighted by Crippen LogP contribution is 2.29. The van der Waals surface area contributed by atoms with E-state index in [1.54, 1.807) is 16.8 Å². The van der Waals surface area contributed by atoms with Gasteiger partial charge in [-0.05, 0) is 43.7 Å². The summed E-state index contributed by atoms with van der Waals surface area (Å²) in [5.41, 5.74) is 3.97. The van der Waals surface area contributed by atoms with Crippen LogP contribution in [0.4, 0.5) is 11.4 Å². The highest BCUT2D eigenvalue weighted by atomic mass is 16.6. The smallest absolute Gasteiger partial charge is 0.295 e. The summed E-state index contributed by atoms with van der Waals surface area (Å²) in [5.74, 6) is -0.0134. The lowest BCUT2D eigenvalue weighted by Gasteiger charge is -2.35. The maximum atomic E-state index is 12.5. The highest BCUT2D eigenvalue weighted by Gasteiger charge is 2.23. The molecule has 1 aliphatic rings. The molecule has 4 rings (SSSR count).